The number of halogens is 2. The predicted molar refractivity (Wildman–Crippen MR) is 132 cm³/mol. The lowest BCUT2D eigenvalue weighted by molar-refractivity contribution is -0.117. The smallest absolute Gasteiger partial charge is 0.175 e. The van der Waals surface area contributed by atoms with Crippen molar-refractivity contribution in [3.05, 3.63) is 79.7 Å². The van der Waals surface area contributed by atoms with E-state index in [9.17, 15) is 9.59 Å². The van der Waals surface area contributed by atoms with Crippen LogP contribution in [0.1, 0.15) is 55.6 Å². The number of benzene rings is 2. The maximum absolute atomic E-state index is 13.0. The van der Waals surface area contributed by atoms with E-state index in [1.807, 2.05) is 36.4 Å². The Hall–Kier alpha value is -2.57. The molecule has 2 aromatic rings. The molecule has 7 heteroatoms. The van der Waals surface area contributed by atoms with Crippen LogP contribution in [-0.4, -0.2) is 18.7 Å². The molecule has 0 spiro atoms. The molecular weight excluding hydrogens is 520 g/mol. The molecule has 0 saturated heterocycles. The van der Waals surface area contributed by atoms with Crippen molar-refractivity contribution in [2.24, 2.45) is 0 Å². The Labute approximate surface area is 211 Å². The van der Waals surface area contributed by atoms with Crippen LogP contribution in [0.3, 0.4) is 0 Å². The molecule has 0 atom stereocenters. The minimum atomic E-state index is -0.449. The van der Waals surface area contributed by atoms with Crippen LogP contribution < -0.4 is 9.47 Å². The van der Waals surface area contributed by atoms with Crippen molar-refractivity contribution >= 4 is 39.1 Å². The van der Waals surface area contributed by atoms with Crippen LogP contribution in [0, 0.1) is 0 Å². The lowest BCUT2D eigenvalue weighted by atomic mass is 9.73. The number of hydrogen-bond donors (Lipinski definition) is 0. The highest BCUT2D eigenvalue weighted by molar-refractivity contribution is 9.10. The van der Waals surface area contributed by atoms with E-state index in [1.54, 1.807) is 7.11 Å². The summed E-state index contributed by atoms with van der Waals surface area (Å²) in [5.41, 5.74) is 3.02. The van der Waals surface area contributed by atoms with Crippen LogP contribution in [0.4, 0.5) is 0 Å². The normalized spacial score (nSPS) is 18.4. The summed E-state index contributed by atoms with van der Waals surface area (Å²) in [7, 11) is 1.58. The number of allylic oxidation sites excluding steroid dienone is 4. The molecule has 2 aromatic carbocycles. The number of carbonyl (C=O) groups is 2. The van der Waals surface area contributed by atoms with E-state index in [1.165, 1.54) is 0 Å². The fraction of sp³-hybridized carbons (Fsp3) is 0.333. The van der Waals surface area contributed by atoms with Gasteiger partial charge in [-0.2, -0.15) is 0 Å². The average molecular weight is 544 g/mol. The van der Waals surface area contributed by atoms with Gasteiger partial charge in [-0.25, -0.2) is 0 Å². The third-order valence-corrected chi connectivity index (χ3v) is 7.36. The molecule has 3 aliphatic rings. The molecule has 1 aliphatic heterocycles. The maximum atomic E-state index is 13.0. The largest absolute Gasteiger partial charge is 0.493 e. The molecule has 0 saturated carbocycles. The molecule has 0 aromatic heterocycles. The van der Waals surface area contributed by atoms with Crippen molar-refractivity contribution < 1.29 is 23.8 Å². The molecule has 0 bridgehead atoms. The minimum absolute atomic E-state index is 0.0503. The van der Waals surface area contributed by atoms with E-state index in [0.717, 1.165) is 24.0 Å². The van der Waals surface area contributed by atoms with Crippen molar-refractivity contribution in [3.8, 4) is 11.5 Å². The Balaban J connectivity index is 1.55. The zero-order valence-corrected chi connectivity index (χ0v) is 21.1. The number of ketones is 2. The Morgan fingerprint density at radius 1 is 0.971 bits per heavy atom. The minimum Gasteiger partial charge on any atom is -0.493 e. The summed E-state index contributed by atoms with van der Waals surface area (Å²) in [5.74, 6) is 2.17. The van der Waals surface area contributed by atoms with Gasteiger partial charge in [0.1, 0.15) is 18.1 Å². The highest BCUT2D eigenvalue weighted by Crippen LogP contribution is 2.50. The van der Waals surface area contributed by atoms with E-state index < -0.39 is 5.92 Å². The van der Waals surface area contributed by atoms with Crippen molar-refractivity contribution in [1.82, 2.24) is 0 Å². The van der Waals surface area contributed by atoms with E-state index in [0.29, 0.717) is 75.9 Å². The quantitative estimate of drug-likeness (QED) is 0.414. The second-order valence-corrected chi connectivity index (χ2v) is 10.0. The van der Waals surface area contributed by atoms with Gasteiger partial charge in [-0.1, -0.05) is 23.7 Å². The van der Waals surface area contributed by atoms with E-state index >= 15 is 0 Å². The molecule has 1 heterocycles. The molecule has 0 N–H and O–H groups in total. The third kappa shape index (κ3) is 4.29. The molecule has 34 heavy (non-hydrogen) atoms. The summed E-state index contributed by atoms with van der Waals surface area (Å²) in [6.45, 7) is 0.338. The molecule has 5 rings (SSSR count). The van der Waals surface area contributed by atoms with E-state index in [2.05, 4.69) is 15.9 Å². The first-order valence-corrected chi connectivity index (χ1v) is 12.6. The van der Waals surface area contributed by atoms with Gasteiger partial charge in [0, 0.05) is 47.8 Å². The second-order valence-electron chi connectivity index (χ2n) is 8.71. The predicted octanol–water partition coefficient (Wildman–Crippen LogP) is 6.82. The molecular formula is C27H24BrClO5. The second kappa shape index (κ2) is 9.59. The Morgan fingerprint density at radius 2 is 1.59 bits per heavy atom. The Bertz CT molecular complexity index is 1190. The number of Topliss-reactive ketones (excluding diaryl/α,β-unsaturated/α-hetero) is 2. The monoisotopic (exact) mass is 542 g/mol. The molecule has 0 radical (unpaired) electrons. The average Bonchev–Trinajstić information content (AvgIpc) is 2.83. The van der Waals surface area contributed by atoms with Gasteiger partial charge in [0.05, 0.1) is 11.6 Å². The molecule has 5 nitrogen and oxygen atoms in total. The maximum Gasteiger partial charge on any atom is 0.175 e. The highest BCUT2D eigenvalue weighted by atomic mass is 79.9. The molecule has 0 unspecified atom stereocenters. The summed E-state index contributed by atoms with van der Waals surface area (Å²) in [6.07, 6.45) is 3.90. The fourth-order valence-corrected chi connectivity index (χ4v) is 5.63. The van der Waals surface area contributed by atoms with Crippen molar-refractivity contribution in [1.29, 1.82) is 0 Å². The fourth-order valence-electron chi connectivity index (χ4n) is 4.93. The standard InChI is InChI=1S/C27H24BrClO5/c1-32-23-13-16(12-18(28)27(23)33-14-15-8-10-17(29)11-9-15)24-25-19(30)4-2-6-21(25)34-22-7-3-5-20(31)26(22)24/h8-13,24H,2-7,14H2,1H3. The molecule has 2 aliphatic carbocycles. The number of methoxy groups -OCH3 is 1. The van der Waals surface area contributed by atoms with Gasteiger partial charge in [0.15, 0.2) is 23.1 Å². The summed E-state index contributed by atoms with van der Waals surface area (Å²) < 4.78 is 18.6. The lowest BCUT2D eigenvalue weighted by Gasteiger charge is -2.36. The number of rotatable bonds is 5. The van der Waals surface area contributed by atoms with Gasteiger partial charge in [0.25, 0.3) is 0 Å². The SMILES string of the molecule is COc1cc(C2C3=C(CCCC3=O)OC3=C2C(=O)CCC3)cc(Br)c1OCc1ccc(Cl)cc1. The van der Waals surface area contributed by atoms with Crippen LogP contribution in [-0.2, 0) is 20.9 Å². The van der Waals surface area contributed by atoms with Gasteiger partial charge >= 0.3 is 0 Å². The van der Waals surface area contributed by atoms with E-state index in [4.69, 9.17) is 25.8 Å². The zero-order chi connectivity index (χ0) is 23.8. The summed E-state index contributed by atoms with van der Waals surface area (Å²) >= 11 is 9.62. The summed E-state index contributed by atoms with van der Waals surface area (Å²) in [4.78, 5) is 26.1. The first-order valence-electron chi connectivity index (χ1n) is 11.4. The zero-order valence-electron chi connectivity index (χ0n) is 18.8. The third-order valence-electron chi connectivity index (χ3n) is 6.52. The van der Waals surface area contributed by atoms with Crippen molar-refractivity contribution in [2.45, 2.75) is 51.0 Å². The van der Waals surface area contributed by atoms with Crippen LogP contribution in [0.15, 0.2) is 63.5 Å². The number of carbonyl (C=O) groups excluding carboxylic acids is 2. The van der Waals surface area contributed by atoms with Crippen LogP contribution in [0.2, 0.25) is 5.02 Å². The van der Waals surface area contributed by atoms with Gasteiger partial charge in [-0.3, -0.25) is 9.59 Å². The first kappa shape index (κ1) is 23.2. The van der Waals surface area contributed by atoms with Gasteiger partial charge in [-0.05, 0) is 64.2 Å². The first-order chi connectivity index (χ1) is 16.5. The van der Waals surface area contributed by atoms with Gasteiger partial charge in [-0.15, -0.1) is 0 Å². The van der Waals surface area contributed by atoms with Crippen LogP contribution in [0.5, 0.6) is 11.5 Å². The van der Waals surface area contributed by atoms with E-state index in [-0.39, 0.29) is 11.6 Å². The lowest BCUT2D eigenvalue weighted by Crippen LogP contribution is -2.30. The van der Waals surface area contributed by atoms with Crippen molar-refractivity contribution in [3.63, 3.8) is 0 Å². The Kier molecular flexibility index (Phi) is 6.54. The van der Waals surface area contributed by atoms with Gasteiger partial charge in [0.2, 0.25) is 0 Å². The summed E-state index contributed by atoms with van der Waals surface area (Å²) in [6, 6.07) is 11.3. The topological polar surface area (TPSA) is 61.8 Å². The number of hydrogen-bond acceptors (Lipinski definition) is 5. The van der Waals surface area contributed by atoms with Gasteiger partial charge < -0.3 is 14.2 Å². The van der Waals surface area contributed by atoms with Crippen LogP contribution in [0.25, 0.3) is 0 Å². The van der Waals surface area contributed by atoms with Crippen LogP contribution >= 0.6 is 27.5 Å². The highest BCUT2D eigenvalue weighted by Gasteiger charge is 2.42. The molecule has 176 valence electrons. The van der Waals surface area contributed by atoms with Crippen molar-refractivity contribution in [2.75, 3.05) is 7.11 Å². The Morgan fingerprint density at radius 3 is 2.18 bits per heavy atom. The summed E-state index contributed by atoms with van der Waals surface area (Å²) in [5, 5.41) is 0.667. The molecule has 0 fully saturated rings. The molecule has 0 amide bonds. The number of ether oxygens (including phenoxy) is 3.